The molecule has 0 radical (unpaired) electrons. The predicted octanol–water partition coefficient (Wildman–Crippen LogP) is 1.77. The van der Waals surface area contributed by atoms with Gasteiger partial charge in [0.25, 0.3) is 0 Å². The second kappa shape index (κ2) is 7.03. The van der Waals surface area contributed by atoms with Gasteiger partial charge in [0, 0.05) is 11.6 Å². The second-order valence-corrected chi connectivity index (χ2v) is 5.66. The normalized spacial score (nSPS) is 11.0. The van der Waals surface area contributed by atoms with Crippen molar-refractivity contribution < 1.29 is 9.32 Å². The maximum Gasteiger partial charge on any atom is 0.244 e. The summed E-state index contributed by atoms with van der Waals surface area (Å²) in [6.45, 7) is 4.33. The molecule has 2 aromatic heterocycles. The molecule has 0 atom stereocenters. The number of hydrogen-bond donors (Lipinski definition) is 1. The van der Waals surface area contributed by atoms with E-state index < -0.39 is 0 Å². The molecule has 8 nitrogen and oxygen atoms in total. The molecule has 0 bridgehead atoms. The van der Waals surface area contributed by atoms with E-state index in [0.717, 1.165) is 11.3 Å². The SMILES string of the molecule is CC(C)c1cc(CNC(=O)Cn2nnc(-c3ccccc3)n2)on1. The predicted molar refractivity (Wildman–Crippen MR) is 85.7 cm³/mol. The van der Waals surface area contributed by atoms with Crippen LogP contribution in [0.4, 0.5) is 0 Å². The number of nitrogens with one attached hydrogen (secondary N) is 1. The Morgan fingerprint density at radius 1 is 1.29 bits per heavy atom. The minimum atomic E-state index is -0.227. The third-order valence-electron chi connectivity index (χ3n) is 3.40. The van der Waals surface area contributed by atoms with E-state index in [0.29, 0.717) is 11.6 Å². The fraction of sp³-hybridized carbons (Fsp3) is 0.312. The van der Waals surface area contributed by atoms with Crippen LogP contribution in [0.5, 0.6) is 0 Å². The van der Waals surface area contributed by atoms with Crippen LogP contribution >= 0.6 is 0 Å². The quantitative estimate of drug-likeness (QED) is 0.741. The number of carbonyl (C=O) groups is 1. The lowest BCUT2D eigenvalue weighted by molar-refractivity contribution is -0.122. The van der Waals surface area contributed by atoms with Gasteiger partial charge in [0.2, 0.25) is 11.7 Å². The number of benzene rings is 1. The first-order chi connectivity index (χ1) is 11.6. The van der Waals surface area contributed by atoms with Crippen LogP contribution in [-0.2, 0) is 17.9 Å². The van der Waals surface area contributed by atoms with E-state index >= 15 is 0 Å². The van der Waals surface area contributed by atoms with Crippen molar-refractivity contribution in [1.29, 1.82) is 0 Å². The van der Waals surface area contributed by atoms with Crippen LogP contribution in [-0.4, -0.2) is 31.3 Å². The fourth-order valence-electron chi connectivity index (χ4n) is 2.07. The average molecular weight is 326 g/mol. The molecule has 3 rings (SSSR count). The zero-order valence-electron chi connectivity index (χ0n) is 13.5. The van der Waals surface area contributed by atoms with Crippen LogP contribution < -0.4 is 5.32 Å². The summed E-state index contributed by atoms with van der Waals surface area (Å²) in [6.07, 6.45) is 0. The molecular formula is C16H18N6O2. The first-order valence-electron chi connectivity index (χ1n) is 7.67. The molecule has 1 amide bonds. The minimum absolute atomic E-state index is 0.00892. The largest absolute Gasteiger partial charge is 0.359 e. The van der Waals surface area contributed by atoms with Crippen molar-refractivity contribution in [2.24, 2.45) is 0 Å². The van der Waals surface area contributed by atoms with Crippen LogP contribution in [0, 0.1) is 0 Å². The van der Waals surface area contributed by atoms with Gasteiger partial charge in [-0.1, -0.05) is 49.3 Å². The number of hydrogen-bond acceptors (Lipinski definition) is 6. The van der Waals surface area contributed by atoms with E-state index in [9.17, 15) is 4.79 Å². The summed E-state index contributed by atoms with van der Waals surface area (Å²) < 4.78 is 5.17. The van der Waals surface area contributed by atoms with E-state index in [1.165, 1.54) is 4.80 Å². The molecule has 0 saturated heterocycles. The van der Waals surface area contributed by atoms with Crippen LogP contribution in [0.15, 0.2) is 40.9 Å². The van der Waals surface area contributed by atoms with Gasteiger partial charge in [0.15, 0.2) is 5.76 Å². The van der Waals surface area contributed by atoms with Crippen molar-refractivity contribution in [2.45, 2.75) is 32.9 Å². The zero-order valence-corrected chi connectivity index (χ0v) is 13.5. The molecule has 0 spiro atoms. The van der Waals surface area contributed by atoms with E-state index in [4.69, 9.17) is 4.52 Å². The Bertz CT molecular complexity index is 809. The summed E-state index contributed by atoms with van der Waals surface area (Å²) in [7, 11) is 0. The minimum Gasteiger partial charge on any atom is -0.359 e. The monoisotopic (exact) mass is 326 g/mol. The van der Waals surface area contributed by atoms with E-state index in [-0.39, 0.29) is 24.9 Å². The van der Waals surface area contributed by atoms with Gasteiger partial charge in [-0.05, 0) is 11.1 Å². The molecule has 0 unspecified atom stereocenters. The van der Waals surface area contributed by atoms with Crippen LogP contribution in [0.25, 0.3) is 11.4 Å². The van der Waals surface area contributed by atoms with Crippen molar-refractivity contribution >= 4 is 5.91 Å². The number of aromatic nitrogens is 5. The van der Waals surface area contributed by atoms with Crippen LogP contribution in [0.1, 0.15) is 31.2 Å². The molecule has 0 aliphatic carbocycles. The molecule has 24 heavy (non-hydrogen) atoms. The molecule has 0 saturated carbocycles. The number of amides is 1. The smallest absolute Gasteiger partial charge is 0.244 e. The van der Waals surface area contributed by atoms with Crippen molar-refractivity contribution in [3.63, 3.8) is 0 Å². The lowest BCUT2D eigenvalue weighted by atomic mass is 10.1. The molecule has 0 aliphatic heterocycles. The molecule has 2 heterocycles. The Balaban J connectivity index is 1.54. The number of nitrogens with zero attached hydrogens (tertiary/aromatic N) is 5. The highest BCUT2D eigenvalue weighted by molar-refractivity contribution is 5.75. The van der Waals surface area contributed by atoms with Gasteiger partial charge in [-0.2, -0.15) is 4.80 Å². The summed E-state index contributed by atoms with van der Waals surface area (Å²) in [4.78, 5) is 13.2. The van der Waals surface area contributed by atoms with Gasteiger partial charge in [-0.3, -0.25) is 4.79 Å². The van der Waals surface area contributed by atoms with Crippen molar-refractivity contribution in [3.05, 3.63) is 47.9 Å². The second-order valence-electron chi connectivity index (χ2n) is 5.66. The summed E-state index contributed by atoms with van der Waals surface area (Å²) in [5.41, 5.74) is 1.72. The molecular weight excluding hydrogens is 308 g/mol. The molecule has 3 aromatic rings. The lowest BCUT2D eigenvalue weighted by Gasteiger charge is -2.01. The Labute approximate surface area is 138 Å². The Morgan fingerprint density at radius 2 is 2.08 bits per heavy atom. The first kappa shape index (κ1) is 15.9. The molecule has 124 valence electrons. The van der Waals surface area contributed by atoms with Crippen LogP contribution in [0.2, 0.25) is 0 Å². The highest BCUT2D eigenvalue weighted by Gasteiger charge is 2.11. The first-order valence-corrected chi connectivity index (χ1v) is 7.67. The van der Waals surface area contributed by atoms with Gasteiger partial charge in [-0.25, -0.2) is 0 Å². The Hall–Kier alpha value is -3.03. The summed E-state index contributed by atoms with van der Waals surface area (Å²) in [6, 6.07) is 11.3. The van der Waals surface area contributed by atoms with Crippen molar-refractivity contribution in [3.8, 4) is 11.4 Å². The average Bonchev–Trinajstić information content (AvgIpc) is 3.23. The van der Waals surface area contributed by atoms with Gasteiger partial charge >= 0.3 is 0 Å². The summed E-state index contributed by atoms with van der Waals surface area (Å²) in [5.74, 6) is 1.16. The van der Waals surface area contributed by atoms with Crippen molar-refractivity contribution in [1.82, 2.24) is 30.7 Å². The van der Waals surface area contributed by atoms with Gasteiger partial charge in [0.05, 0.1) is 12.2 Å². The lowest BCUT2D eigenvalue weighted by Crippen LogP contribution is -2.27. The summed E-state index contributed by atoms with van der Waals surface area (Å²) >= 11 is 0. The van der Waals surface area contributed by atoms with Gasteiger partial charge in [0.1, 0.15) is 6.54 Å². The molecule has 1 N–H and O–H groups in total. The number of carbonyl (C=O) groups excluding carboxylic acids is 1. The Kier molecular flexibility index (Phi) is 4.64. The van der Waals surface area contributed by atoms with E-state index in [1.54, 1.807) is 0 Å². The number of rotatable bonds is 6. The molecule has 0 fully saturated rings. The standard InChI is InChI=1S/C16H18N6O2/c1-11(2)14-8-13(24-20-14)9-17-15(23)10-22-19-16(18-21-22)12-6-4-3-5-7-12/h3-8,11H,9-10H2,1-2H3,(H,17,23). The van der Waals surface area contributed by atoms with Gasteiger partial charge in [-0.15, -0.1) is 10.2 Å². The topological polar surface area (TPSA) is 98.7 Å². The highest BCUT2D eigenvalue weighted by Crippen LogP contribution is 2.14. The van der Waals surface area contributed by atoms with Crippen molar-refractivity contribution in [2.75, 3.05) is 0 Å². The maximum absolute atomic E-state index is 12.0. The number of tetrazole rings is 1. The zero-order chi connectivity index (χ0) is 16.9. The maximum atomic E-state index is 12.0. The third-order valence-corrected chi connectivity index (χ3v) is 3.40. The fourth-order valence-corrected chi connectivity index (χ4v) is 2.07. The van der Waals surface area contributed by atoms with E-state index in [2.05, 4.69) is 25.9 Å². The highest BCUT2D eigenvalue weighted by atomic mass is 16.5. The van der Waals surface area contributed by atoms with Crippen LogP contribution in [0.3, 0.4) is 0 Å². The summed E-state index contributed by atoms with van der Waals surface area (Å²) in [5, 5.41) is 18.7. The molecule has 8 heteroatoms. The van der Waals surface area contributed by atoms with Gasteiger partial charge < -0.3 is 9.84 Å². The van der Waals surface area contributed by atoms with E-state index in [1.807, 2.05) is 50.2 Å². The molecule has 0 aliphatic rings. The third kappa shape index (κ3) is 3.83. The Morgan fingerprint density at radius 3 is 2.79 bits per heavy atom. The molecule has 1 aromatic carbocycles.